The van der Waals surface area contributed by atoms with Gasteiger partial charge in [0.25, 0.3) is 0 Å². The Labute approximate surface area is 135 Å². The summed E-state index contributed by atoms with van der Waals surface area (Å²) in [5.74, 6) is -0.328. The number of nitrogens with zero attached hydrogens (tertiary/aromatic N) is 1. The Hall–Kier alpha value is -1.72. The molecule has 1 amide bonds. The van der Waals surface area contributed by atoms with Gasteiger partial charge in [0, 0.05) is 25.8 Å². The van der Waals surface area contributed by atoms with E-state index < -0.39 is 0 Å². The predicted octanol–water partition coefficient (Wildman–Crippen LogP) is 2.64. The number of rotatable bonds is 4. The molecule has 5 heteroatoms. The van der Waals surface area contributed by atoms with Crippen molar-refractivity contribution in [2.45, 2.75) is 31.5 Å². The summed E-state index contributed by atoms with van der Waals surface area (Å²) in [7, 11) is 0. The molecule has 2 aliphatic rings. The van der Waals surface area contributed by atoms with Crippen molar-refractivity contribution in [3.05, 3.63) is 41.7 Å². The maximum Gasteiger partial charge on any atom is 0.246 e. The highest BCUT2D eigenvalue weighted by molar-refractivity contribution is 5.91. The number of halogens is 1. The van der Waals surface area contributed by atoms with E-state index in [2.05, 4.69) is 0 Å². The largest absolute Gasteiger partial charge is 0.379 e. The fourth-order valence-electron chi connectivity index (χ4n) is 2.99. The van der Waals surface area contributed by atoms with Crippen LogP contribution in [-0.2, 0) is 14.3 Å². The summed E-state index contributed by atoms with van der Waals surface area (Å²) in [6.45, 7) is 2.87. The summed E-state index contributed by atoms with van der Waals surface area (Å²) in [6.07, 6.45) is 6.29. The SMILES string of the molecule is O=C(/C=C/c1cccc(F)c1)N1CCC(O[C@H]2CCOC2)CC1. The normalized spacial score (nSPS) is 22.8. The van der Waals surface area contributed by atoms with Crippen molar-refractivity contribution in [2.24, 2.45) is 0 Å². The second-order valence-electron chi connectivity index (χ2n) is 6.03. The van der Waals surface area contributed by atoms with Crippen molar-refractivity contribution in [1.29, 1.82) is 0 Å². The zero-order valence-electron chi connectivity index (χ0n) is 13.1. The van der Waals surface area contributed by atoms with E-state index in [0.717, 1.165) is 25.9 Å². The number of ether oxygens (including phenoxy) is 2. The fraction of sp³-hybridized carbons (Fsp3) is 0.500. The van der Waals surface area contributed by atoms with E-state index in [4.69, 9.17) is 9.47 Å². The first-order valence-electron chi connectivity index (χ1n) is 8.16. The van der Waals surface area contributed by atoms with Crippen LogP contribution in [0.2, 0.25) is 0 Å². The summed E-state index contributed by atoms with van der Waals surface area (Å²) in [6, 6.07) is 6.21. The quantitative estimate of drug-likeness (QED) is 0.801. The molecule has 2 aliphatic heterocycles. The van der Waals surface area contributed by atoms with Crippen LogP contribution in [0.5, 0.6) is 0 Å². The third kappa shape index (κ3) is 4.62. The lowest BCUT2D eigenvalue weighted by Crippen LogP contribution is -2.41. The molecule has 23 heavy (non-hydrogen) atoms. The lowest BCUT2D eigenvalue weighted by molar-refractivity contribution is -0.129. The molecular weight excluding hydrogens is 297 g/mol. The standard InChI is InChI=1S/C18H22FNO3/c19-15-3-1-2-14(12-15)4-5-18(21)20-9-6-16(7-10-20)23-17-8-11-22-13-17/h1-5,12,16-17H,6-11,13H2/b5-4+/t17-/m0/s1. The highest BCUT2D eigenvalue weighted by atomic mass is 19.1. The van der Waals surface area contributed by atoms with Gasteiger partial charge in [0.05, 0.1) is 18.8 Å². The van der Waals surface area contributed by atoms with Crippen LogP contribution in [0.25, 0.3) is 6.08 Å². The van der Waals surface area contributed by atoms with E-state index in [1.165, 1.54) is 18.2 Å². The van der Waals surface area contributed by atoms with Crippen molar-refractivity contribution in [2.75, 3.05) is 26.3 Å². The van der Waals surface area contributed by atoms with E-state index in [0.29, 0.717) is 25.3 Å². The van der Waals surface area contributed by atoms with Gasteiger partial charge in [-0.2, -0.15) is 0 Å². The molecule has 0 radical (unpaired) electrons. The number of hydrogen-bond acceptors (Lipinski definition) is 3. The van der Waals surface area contributed by atoms with Gasteiger partial charge in [-0.1, -0.05) is 12.1 Å². The molecule has 0 saturated carbocycles. The molecular formula is C18H22FNO3. The topological polar surface area (TPSA) is 38.8 Å². The Morgan fingerprint density at radius 3 is 2.78 bits per heavy atom. The van der Waals surface area contributed by atoms with Crippen LogP contribution in [0.3, 0.4) is 0 Å². The molecule has 1 aromatic rings. The lowest BCUT2D eigenvalue weighted by atomic mass is 10.1. The molecule has 0 unspecified atom stereocenters. The molecule has 1 atom stereocenters. The van der Waals surface area contributed by atoms with Gasteiger partial charge >= 0.3 is 0 Å². The highest BCUT2D eigenvalue weighted by Crippen LogP contribution is 2.19. The molecule has 2 fully saturated rings. The summed E-state index contributed by atoms with van der Waals surface area (Å²) in [4.78, 5) is 14.0. The number of carbonyl (C=O) groups excluding carboxylic acids is 1. The summed E-state index contributed by atoms with van der Waals surface area (Å²) >= 11 is 0. The van der Waals surface area contributed by atoms with Crippen LogP contribution in [-0.4, -0.2) is 49.3 Å². The molecule has 0 bridgehead atoms. The van der Waals surface area contributed by atoms with E-state index in [1.807, 2.05) is 4.90 Å². The number of amides is 1. The lowest BCUT2D eigenvalue weighted by Gasteiger charge is -2.32. The molecule has 0 aromatic heterocycles. The number of benzene rings is 1. The zero-order valence-corrected chi connectivity index (χ0v) is 13.1. The Balaban J connectivity index is 1.46. The Bertz CT molecular complexity index is 561. The minimum Gasteiger partial charge on any atom is -0.379 e. The number of hydrogen-bond donors (Lipinski definition) is 0. The minimum absolute atomic E-state index is 0.0306. The predicted molar refractivity (Wildman–Crippen MR) is 85.3 cm³/mol. The Morgan fingerprint density at radius 2 is 2.09 bits per heavy atom. The van der Waals surface area contributed by atoms with Crippen molar-refractivity contribution in [3.8, 4) is 0 Å². The van der Waals surface area contributed by atoms with Crippen molar-refractivity contribution >= 4 is 12.0 Å². The smallest absolute Gasteiger partial charge is 0.246 e. The third-order valence-corrected chi connectivity index (χ3v) is 4.29. The maximum absolute atomic E-state index is 13.1. The molecule has 2 saturated heterocycles. The first kappa shape index (κ1) is 16.1. The van der Waals surface area contributed by atoms with Crippen LogP contribution in [0.1, 0.15) is 24.8 Å². The Morgan fingerprint density at radius 1 is 1.26 bits per heavy atom. The first-order valence-corrected chi connectivity index (χ1v) is 8.16. The van der Waals surface area contributed by atoms with Crippen molar-refractivity contribution in [3.63, 3.8) is 0 Å². The summed E-state index contributed by atoms with van der Waals surface area (Å²) in [5.41, 5.74) is 0.692. The number of likely N-dealkylation sites (tertiary alicyclic amines) is 1. The van der Waals surface area contributed by atoms with Crippen molar-refractivity contribution in [1.82, 2.24) is 4.90 Å². The van der Waals surface area contributed by atoms with Gasteiger partial charge < -0.3 is 14.4 Å². The molecule has 0 aliphatic carbocycles. The van der Waals surface area contributed by atoms with Crippen LogP contribution < -0.4 is 0 Å². The molecule has 0 N–H and O–H groups in total. The van der Waals surface area contributed by atoms with E-state index in [-0.39, 0.29) is 23.9 Å². The van der Waals surface area contributed by atoms with Crippen LogP contribution in [0.4, 0.5) is 4.39 Å². The van der Waals surface area contributed by atoms with E-state index in [1.54, 1.807) is 18.2 Å². The molecule has 3 rings (SSSR count). The van der Waals surface area contributed by atoms with Crippen LogP contribution >= 0.6 is 0 Å². The van der Waals surface area contributed by atoms with Gasteiger partial charge in [-0.05, 0) is 43.0 Å². The second kappa shape index (κ2) is 7.70. The van der Waals surface area contributed by atoms with Gasteiger partial charge in [0.2, 0.25) is 5.91 Å². The molecule has 4 nitrogen and oxygen atoms in total. The zero-order chi connectivity index (χ0) is 16.1. The highest BCUT2D eigenvalue weighted by Gasteiger charge is 2.26. The maximum atomic E-state index is 13.1. The average molecular weight is 319 g/mol. The summed E-state index contributed by atoms with van der Waals surface area (Å²) < 4.78 is 24.4. The molecule has 124 valence electrons. The van der Waals surface area contributed by atoms with E-state index >= 15 is 0 Å². The average Bonchev–Trinajstić information content (AvgIpc) is 3.06. The van der Waals surface area contributed by atoms with Gasteiger partial charge in [0.15, 0.2) is 0 Å². The molecule has 2 heterocycles. The van der Waals surface area contributed by atoms with Crippen LogP contribution in [0, 0.1) is 5.82 Å². The monoisotopic (exact) mass is 319 g/mol. The third-order valence-electron chi connectivity index (χ3n) is 4.29. The second-order valence-corrected chi connectivity index (χ2v) is 6.03. The van der Waals surface area contributed by atoms with Gasteiger partial charge in [-0.15, -0.1) is 0 Å². The Kier molecular flexibility index (Phi) is 5.41. The number of piperidine rings is 1. The fourth-order valence-corrected chi connectivity index (χ4v) is 2.99. The summed E-state index contributed by atoms with van der Waals surface area (Å²) in [5, 5.41) is 0. The van der Waals surface area contributed by atoms with Gasteiger partial charge in [-0.3, -0.25) is 4.79 Å². The molecule has 1 aromatic carbocycles. The van der Waals surface area contributed by atoms with Crippen molar-refractivity contribution < 1.29 is 18.7 Å². The van der Waals surface area contributed by atoms with Gasteiger partial charge in [0.1, 0.15) is 5.82 Å². The minimum atomic E-state index is -0.298. The number of carbonyl (C=O) groups is 1. The first-order chi connectivity index (χ1) is 11.2. The van der Waals surface area contributed by atoms with Gasteiger partial charge in [-0.25, -0.2) is 4.39 Å². The van der Waals surface area contributed by atoms with E-state index in [9.17, 15) is 9.18 Å². The molecule has 0 spiro atoms. The van der Waals surface area contributed by atoms with Crippen LogP contribution in [0.15, 0.2) is 30.3 Å².